The lowest BCUT2D eigenvalue weighted by Gasteiger charge is -2.30. The van der Waals surface area contributed by atoms with Gasteiger partial charge in [-0.1, -0.05) is 11.6 Å². The number of nitrogens with zero attached hydrogens (tertiary/aromatic N) is 5. The van der Waals surface area contributed by atoms with Crippen LogP contribution in [0.3, 0.4) is 0 Å². The van der Waals surface area contributed by atoms with Crippen molar-refractivity contribution in [3.8, 4) is 0 Å². The number of halogens is 1. The van der Waals surface area contributed by atoms with E-state index in [-0.39, 0.29) is 6.04 Å². The van der Waals surface area contributed by atoms with Gasteiger partial charge in [0, 0.05) is 37.7 Å². The van der Waals surface area contributed by atoms with Crippen LogP contribution in [0.5, 0.6) is 0 Å². The molecule has 0 radical (unpaired) electrons. The number of fused-ring (bicyclic) bond motifs is 1. The summed E-state index contributed by atoms with van der Waals surface area (Å²) in [6, 6.07) is 0.228. The molecule has 4 rings (SSSR count). The smallest absolute Gasteiger partial charge is 0.407 e. The fraction of sp³-hybridized carbons (Fsp3) is 0.444. The average Bonchev–Trinajstić information content (AvgIpc) is 3.29. The van der Waals surface area contributed by atoms with E-state index in [1.165, 1.54) is 11.3 Å². The van der Waals surface area contributed by atoms with E-state index in [1.807, 2.05) is 24.7 Å². The molecule has 3 N–H and O–H groups in total. The third-order valence-electron chi connectivity index (χ3n) is 4.64. The number of carbonyl (C=O) groups is 1. The van der Waals surface area contributed by atoms with Crippen LogP contribution in [0.4, 0.5) is 16.4 Å². The topological polar surface area (TPSA) is 112 Å². The van der Waals surface area contributed by atoms with E-state index in [0.717, 1.165) is 37.0 Å². The molecule has 1 atom stereocenters. The van der Waals surface area contributed by atoms with Crippen LogP contribution in [0.1, 0.15) is 33.1 Å². The lowest BCUT2D eigenvalue weighted by Crippen LogP contribution is -2.40. The van der Waals surface area contributed by atoms with Crippen LogP contribution in [0.15, 0.2) is 24.8 Å². The van der Waals surface area contributed by atoms with Gasteiger partial charge in [0.1, 0.15) is 5.65 Å². The lowest BCUT2D eigenvalue weighted by atomic mass is 10.0. The van der Waals surface area contributed by atoms with Crippen molar-refractivity contribution in [1.29, 1.82) is 0 Å². The van der Waals surface area contributed by atoms with E-state index in [1.54, 1.807) is 18.6 Å². The van der Waals surface area contributed by atoms with Gasteiger partial charge in [0.25, 0.3) is 0 Å². The Hall–Kier alpha value is -2.81. The standard InChI is InChI=1S/C11H11ClN6.C7H13NO2/c1-2-18-6-7(3-15-18)16-11-14-4-8-9(12)5-13-10(8)17-11;1-6-4-2-3-5-8(6)7(9)10/h3-6H,2H2,1H3,(H2,13,14,16,17);6H,2-5H2,1H3,(H,9,10). The first-order chi connectivity index (χ1) is 13.5. The van der Waals surface area contributed by atoms with Crippen LogP contribution in [0, 0.1) is 0 Å². The molecule has 0 bridgehead atoms. The molecule has 1 aliphatic rings. The van der Waals surface area contributed by atoms with E-state index < -0.39 is 6.09 Å². The summed E-state index contributed by atoms with van der Waals surface area (Å²) in [5.41, 5.74) is 1.56. The predicted octanol–water partition coefficient (Wildman–Crippen LogP) is 4.11. The summed E-state index contributed by atoms with van der Waals surface area (Å²) in [7, 11) is 0. The number of hydrogen-bond acceptors (Lipinski definition) is 5. The van der Waals surface area contributed by atoms with Gasteiger partial charge in [-0.05, 0) is 33.1 Å². The molecule has 1 aliphatic heterocycles. The van der Waals surface area contributed by atoms with Crippen molar-refractivity contribution in [2.75, 3.05) is 11.9 Å². The number of hydrogen-bond donors (Lipinski definition) is 3. The summed E-state index contributed by atoms with van der Waals surface area (Å²) in [6.45, 7) is 5.54. The number of carboxylic acid groups (broad SMARTS) is 1. The van der Waals surface area contributed by atoms with E-state index >= 15 is 0 Å². The fourth-order valence-electron chi connectivity index (χ4n) is 3.05. The van der Waals surface area contributed by atoms with E-state index in [0.29, 0.717) is 16.6 Å². The minimum absolute atomic E-state index is 0.228. The summed E-state index contributed by atoms with van der Waals surface area (Å²) in [5, 5.41) is 17.3. The number of aryl methyl sites for hydroxylation is 1. The van der Waals surface area contributed by atoms with Gasteiger partial charge < -0.3 is 20.3 Å². The minimum Gasteiger partial charge on any atom is -0.465 e. The molecule has 0 spiro atoms. The van der Waals surface area contributed by atoms with Crippen LogP contribution in [-0.2, 0) is 6.54 Å². The number of likely N-dealkylation sites (tertiary alicyclic amines) is 1. The first kappa shape index (κ1) is 19.9. The SMILES string of the molecule is CC1CCCCN1C(=O)O.CCn1cc(Nc2ncc3c(Cl)c[nH]c3n2)cn1. The molecule has 4 heterocycles. The van der Waals surface area contributed by atoms with E-state index in [9.17, 15) is 4.79 Å². The molecule has 10 heteroatoms. The van der Waals surface area contributed by atoms with Gasteiger partial charge in [0.2, 0.25) is 5.95 Å². The first-order valence-corrected chi connectivity index (χ1v) is 9.64. The van der Waals surface area contributed by atoms with Gasteiger partial charge in [-0.3, -0.25) is 4.68 Å². The van der Waals surface area contributed by atoms with E-state index in [4.69, 9.17) is 16.7 Å². The van der Waals surface area contributed by atoms with Gasteiger partial charge in [-0.2, -0.15) is 10.1 Å². The zero-order chi connectivity index (χ0) is 20.1. The molecular weight excluding hydrogens is 382 g/mol. The van der Waals surface area contributed by atoms with Crippen molar-refractivity contribution in [3.63, 3.8) is 0 Å². The van der Waals surface area contributed by atoms with Gasteiger partial charge in [-0.25, -0.2) is 9.78 Å². The molecule has 9 nitrogen and oxygen atoms in total. The Morgan fingerprint density at radius 2 is 2.25 bits per heavy atom. The van der Waals surface area contributed by atoms with Crippen molar-refractivity contribution in [1.82, 2.24) is 29.6 Å². The van der Waals surface area contributed by atoms with Crippen molar-refractivity contribution >= 4 is 40.4 Å². The van der Waals surface area contributed by atoms with Crippen molar-refractivity contribution in [2.24, 2.45) is 0 Å². The number of aromatic amines is 1. The maximum absolute atomic E-state index is 10.5. The summed E-state index contributed by atoms with van der Waals surface area (Å²) < 4.78 is 1.83. The molecule has 0 aliphatic carbocycles. The summed E-state index contributed by atoms with van der Waals surface area (Å²) >= 11 is 5.96. The highest BCUT2D eigenvalue weighted by molar-refractivity contribution is 6.35. The molecule has 3 aromatic rings. The maximum Gasteiger partial charge on any atom is 0.407 e. The van der Waals surface area contributed by atoms with Crippen LogP contribution in [0.25, 0.3) is 11.0 Å². The summed E-state index contributed by atoms with van der Waals surface area (Å²) in [6.07, 6.45) is 9.46. The number of amides is 1. The Morgan fingerprint density at radius 3 is 2.89 bits per heavy atom. The number of anilines is 2. The number of H-pyrrole nitrogens is 1. The summed E-state index contributed by atoms with van der Waals surface area (Å²) in [5.74, 6) is 0.511. The third-order valence-corrected chi connectivity index (χ3v) is 4.96. The summed E-state index contributed by atoms with van der Waals surface area (Å²) in [4.78, 5) is 23.5. The second-order valence-corrected chi connectivity index (χ2v) is 7.03. The third kappa shape index (κ3) is 4.72. The van der Waals surface area contributed by atoms with Crippen LogP contribution in [0.2, 0.25) is 5.02 Å². The molecule has 1 fully saturated rings. The maximum atomic E-state index is 10.5. The van der Waals surface area contributed by atoms with Crippen LogP contribution >= 0.6 is 11.6 Å². The largest absolute Gasteiger partial charge is 0.465 e. The highest BCUT2D eigenvalue weighted by Crippen LogP contribution is 2.22. The molecule has 1 amide bonds. The number of aromatic nitrogens is 5. The number of nitrogens with one attached hydrogen (secondary N) is 2. The monoisotopic (exact) mass is 405 g/mol. The zero-order valence-electron chi connectivity index (χ0n) is 15.9. The lowest BCUT2D eigenvalue weighted by molar-refractivity contribution is 0.112. The van der Waals surface area contributed by atoms with Crippen molar-refractivity contribution in [3.05, 3.63) is 29.8 Å². The van der Waals surface area contributed by atoms with Gasteiger partial charge in [-0.15, -0.1) is 0 Å². The Labute approximate surface area is 167 Å². The van der Waals surface area contributed by atoms with Crippen molar-refractivity contribution in [2.45, 2.75) is 45.7 Å². The van der Waals surface area contributed by atoms with Crippen LogP contribution in [-0.4, -0.2) is 53.4 Å². The molecule has 3 aromatic heterocycles. The quantitative estimate of drug-likeness (QED) is 0.604. The Kier molecular flexibility index (Phi) is 6.35. The fourth-order valence-corrected chi connectivity index (χ4v) is 3.24. The first-order valence-electron chi connectivity index (χ1n) is 9.26. The Bertz CT molecular complexity index is 939. The van der Waals surface area contributed by atoms with Gasteiger partial charge >= 0.3 is 6.09 Å². The van der Waals surface area contributed by atoms with Gasteiger partial charge in [0.05, 0.1) is 22.3 Å². The number of rotatable bonds is 3. The second kappa shape index (κ2) is 8.92. The second-order valence-electron chi connectivity index (χ2n) is 6.62. The molecule has 1 saturated heterocycles. The molecule has 0 saturated carbocycles. The molecular formula is C18H24ClN7O2. The number of piperidine rings is 1. The molecule has 1 unspecified atom stereocenters. The zero-order valence-corrected chi connectivity index (χ0v) is 16.6. The average molecular weight is 406 g/mol. The normalized spacial score (nSPS) is 16.5. The van der Waals surface area contributed by atoms with E-state index in [2.05, 4.69) is 25.4 Å². The molecule has 150 valence electrons. The highest BCUT2D eigenvalue weighted by Gasteiger charge is 2.21. The van der Waals surface area contributed by atoms with Crippen LogP contribution < -0.4 is 5.32 Å². The Morgan fingerprint density at radius 1 is 1.43 bits per heavy atom. The van der Waals surface area contributed by atoms with Gasteiger partial charge in [0.15, 0.2) is 0 Å². The molecule has 0 aromatic carbocycles. The van der Waals surface area contributed by atoms with Crippen molar-refractivity contribution < 1.29 is 9.90 Å². The highest BCUT2D eigenvalue weighted by atomic mass is 35.5. The Balaban J connectivity index is 0.000000192. The molecule has 28 heavy (non-hydrogen) atoms. The minimum atomic E-state index is -0.771. The predicted molar refractivity (Wildman–Crippen MR) is 108 cm³/mol.